The number of ether oxygens (including phenoxy) is 1. The summed E-state index contributed by atoms with van der Waals surface area (Å²) in [5.74, 6) is -0.273. The van der Waals surface area contributed by atoms with E-state index in [4.69, 9.17) is 16.3 Å². The van der Waals surface area contributed by atoms with Crippen LogP contribution in [0.5, 0.6) is 0 Å². The van der Waals surface area contributed by atoms with Crippen molar-refractivity contribution in [3.8, 4) is 11.1 Å². The van der Waals surface area contributed by atoms with Crippen molar-refractivity contribution >= 4 is 50.9 Å². The lowest BCUT2D eigenvalue weighted by molar-refractivity contribution is -0.139. The van der Waals surface area contributed by atoms with Crippen molar-refractivity contribution in [2.45, 2.75) is 17.2 Å². The Balaban J connectivity index is 2.07. The fourth-order valence-electron chi connectivity index (χ4n) is 2.16. The summed E-state index contributed by atoms with van der Waals surface area (Å²) < 4.78 is 4.79. The molecule has 3 rings (SSSR count). The lowest BCUT2D eigenvalue weighted by atomic mass is 10.1. The van der Waals surface area contributed by atoms with Crippen molar-refractivity contribution < 1.29 is 9.53 Å². The van der Waals surface area contributed by atoms with Gasteiger partial charge in [-0.05, 0) is 24.6 Å². The third-order valence-corrected chi connectivity index (χ3v) is 5.53. The number of carbonyl (C=O) groups is 1. The number of halogens is 1. The molecule has 23 heavy (non-hydrogen) atoms. The van der Waals surface area contributed by atoms with Gasteiger partial charge < -0.3 is 4.74 Å². The Bertz CT molecular complexity index is 849. The maximum Gasteiger partial charge on any atom is 0.318 e. The number of thioether (sulfide) groups is 1. The molecule has 7 heteroatoms. The number of esters is 1. The molecule has 4 nitrogen and oxygen atoms in total. The zero-order valence-electron chi connectivity index (χ0n) is 12.4. The summed E-state index contributed by atoms with van der Waals surface area (Å²) >= 11 is 8.90. The van der Waals surface area contributed by atoms with Crippen LogP contribution in [0.15, 0.2) is 41.0 Å². The van der Waals surface area contributed by atoms with Crippen LogP contribution in [-0.2, 0) is 9.53 Å². The molecule has 2 aromatic heterocycles. The lowest BCUT2D eigenvalue weighted by Crippen LogP contribution is -2.14. The smallest absolute Gasteiger partial charge is 0.318 e. The first-order valence-electron chi connectivity index (χ1n) is 6.82. The predicted octanol–water partition coefficient (Wildman–Crippen LogP) is 4.67. The number of benzene rings is 1. The third kappa shape index (κ3) is 3.34. The van der Waals surface area contributed by atoms with Crippen LogP contribution in [0.2, 0.25) is 5.02 Å². The van der Waals surface area contributed by atoms with Crippen LogP contribution >= 0.6 is 34.7 Å². The van der Waals surface area contributed by atoms with Gasteiger partial charge in [0, 0.05) is 16.0 Å². The van der Waals surface area contributed by atoms with Crippen LogP contribution in [0.1, 0.15) is 6.92 Å². The van der Waals surface area contributed by atoms with E-state index in [1.165, 1.54) is 25.2 Å². The molecule has 1 atom stereocenters. The molecular weight excluding hydrogens is 352 g/mol. The number of thiophene rings is 1. The Kier molecular flexibility index (Phi) is 4.84. The van der Waals surface area contributed by atoms with E-state index in [1.54, 1.807) is 18.3 Å². The number of hydrogen-bond donors (Lipinski definition) is 0. The number of rotatable bonds is 4. The molecule has 118 valence electrons. The fraction of sp³-hybridized carbons (Fsp3) is 0.188. The molecule has 1 aromatic carbocycles. The molecule has 3 aromatic rings. The quantitative estimate of drug-likeness (QED) is 0.382. The molecule has 0 aliphatic carbocycles. The van der Waals surface area contributed by atoms with Gasteiger partial charge in [-0.15, -0.1) is 11.3 Å². The second-order valence-corrected chi connectivity index (χ2v) is 7.42. The molecule has 0 aliphatic rings. The highest BCUT2D eigenvalue weighted by atomic mass is 35.5. The van der Waals surface area contributed by atoms with Crippen molar-refractivity contribution in [3.05, 3.63) is 41.0 Å². The highest BCUT2D eigenvalue weighted by Gasteiger charge is 2.20. The Morgan fingerprint density at radius 3 is 2.74 bits per heavy atom. The van der Waals surface area contributed by atoms with Crippen LogP contribution in [0, 0.1) is 0 Å². The van der Waals surface area contributed by atoms with Gasteiger partial charge >= 0.3 is 5.97 Å². The lowest BCUT2D eigenvalue weighted by Gasteiger charge is -2.09. The zero-order valence-corrected chi connectivity index (χ0v) is 14.8. The largest absolute Gasteiger partial charge is 0.468 e. The second kappa shape index (κ2) is 6.86. The van der Waals surface area contributed by atoms with E-state index in [0.717, 1.165) is 26.4 Å². The van der Waals surface area contributed by atoms with E-state index in [2.05, 4.69) is 15.3 Å². The van der Waals surface area contributed by atoms with Crippen LogP contribution in [0.25, 0.3) is 21.3 Å². The van der Waals surface area contributed by atoms with Gasteiger partial charge in [0.2, 0.25) is 0 Å². The van der Waals surface area contributed by atoms with Gasteiger partial charge in [-0.1, -0.05) is 35.5 Å². The summed E-state index contributed by atoms with van der Waals surface area (Å²) in [5.41, 5.74) is 2.09. The predicted molar refractivity (Wildman–Crippen MR) is 95.2 cm³/mol. The van der Waals surface area contributed by atoms with E-state index >= 15 is 0 Å². The van der Waals surface area contributed by atoms with Gasteiger partial charge in [-0.3, -0.25) is 4.79 Å². The van der Waals surface area contributed by atoms with E-state index in [9.17, 15) is 4.79 Å². The number of hydrogen-bond acceptors (Lipinski definition) is 6. The first-order chi connectivity index (χ1) is 11.1. The average molecular weight is 365 g/mol. The molecule has 0 amide bonds. The number of nitrogens with zero attached hydrogens (tertiary/aromatic N) is 2. The third-order valence-electron chi connectivity index (χ3n) is 3.31. The van der Waals surface area contributed by atoms with E-state index in [0.29, 0.717) is 5.02 Å². The van der Waals surface area contributed by atoms with Gasteiger partial charge in [0.15, 0.2) is 0 Å². The van der Waals surface area contributed by atoms with Crippen LogP contribution in [-0.4, -0.2) is 28.3 Å². The molecule has 0 spiro atoms. The number of methoxy groups -OCH3 is 1. The molecule has 0 saturated carbocycles. The first kappa shape index (κ1) is 16.2. The van der Waals surface area contributed by atoms with E-state index in [1.807, 2.05) is 24.3 Å². The highest BCUT2D eigenvalue weighted by Crippen LogP contribution is 2.39. The van der Waals surface area contributed by atoms with Crippen LogP contribution < -0.4 is 0 Å². The van der Waals surface area contributed by atoms with E-state index < -0.39 is 0 Å². The summed E-state index contributed by atoms with van der Waals surface area (Å²) in [6, 6.07) is 7.65. The van der Waals surface area contributed by atoms with Gasteiger partial charge in [-0.25, -0.2) is 9.97 Å². The van der Waals surface area contributed by atoms with Crippen molar-refractivity contribution in [3.63, 3.8) is 0 Å². The highest BCUT2D eigenvalue weighted by molar-refractivity contribution is 8.00. The van der Waals surface area contributed by atoms with Gasteiger partial charge in [0.25, 0.3) is 0 Å². The Morgan fingerprint density at radius 2 is 2.04 bits per heavy atom. The molecule has 0 fully saturated rings. The molecule has 0 N–H and O–H groups in total. The van der Waals surface area contributed by atoms with Crippen molar-refractivity contribution in [1.29, 1.82) is 0 Å². The summed E-state index contributed by atoms with van der Waals surface area (Å²) in [4.78, 5) is 21.3. The number of carbonyl (C=O) groups excluding carboxylic acids is 1. The first-order valence-corrected chi connectivity index (χ1v) is 8.96. The van der Waals surface area contributed by atoms with Crippen molar-refractivity contribution in [2.75, 3.05) is 7.11 Å². The Hall–Kier alpha value is -1.63. The number of aromatic nitrogens is 2. The average Bonchev–Trinajstić information content (AvgIpc) is 3.00. The minimum absolute atomic E-state index is 0.273. The molecule has 0 aliphatic heterocycles. The summed E-state index contributed by atoms with van der Waals surface area (Å²) in [5, 5.41) is 4.14. The molecule has 0 saturated heterocycles. The van der Waals surface area contributed by atoms with Crippen molar-refractivity contribution in [2.24, 2.45) is 0 Å². The molecule has 0 bridgehead atoms. The standard InChI is InChI=1S/C16H13ClN2O2S2/c1-9(16(20)21-2)23-15-13-12(7-22-14(13)18-8-19-15)10-3-5-11(17)6-4-10/h3-9H,1-2H3/t9-/m0/s1. The van der Waals surface area contributed by atoms with E-state index in [-0.39, 0.29) is 11.2 Å². The number of fused-ring (bicyclic) bond motifs is 1. The summed E-state index contributed by atoms with van der Waals surface area (Å²) in [7, 11) is 1.39. The Morgan fingerprint density at radius 1 is 1.30 bits per heavy atom. The molecule has 2 heterocycles. The Labute approximate surface area is 146 Å². The molecular formula is C16H13ClN2O2S2. The monoisotopic (exact) mass is 364 g/mol. The van der Waals surface area contributed by atoms with Crippen molar-refractivity contribution in [1.82, 2.24) is 9.97 Å². The maximum absolute atomic E-state index is 11.7. The molecule has 0 radical (unpaired) electrons. The summed E-state index contributed by atoms with van der Waals surface area (Å²) in [6.45, 7) is 1.80. The zero-order chi connectivity index (χ0) is 16.4. The minimum atomic E-state index is -0.337. The molecule has 0 unspecified atom stereocenters. The topological polar surface area (TPSA) is 52.1 Å². The fourth-order valence-corrected chi connectivity index (χ4v) is 4.23. The summed E-state index contributed by atoms with van der Waals surface area (Å²) in [6.07, 6.45) is 1.52. The maximum atomic E-state index is 11.7. The van der Waals surface area contributed by atoms with Gasteiger partial charge in [0.05, 0.1) is 12.5 Å². The normalized spacial score (nSPS) is 12.3. The van der Waals surface area contributed by atoms with Gasteiger partial charge in [0.1, 0.15) is 21.4 Å². The van der Waals surface area contributed by atoms with Crippen LogP contribution in [0.3, 0.4) is 0 Å². The van der Waals surface area contributed by atoms with Gasteiger partial charge in [-0.2, -0.15) is 0 Å². The second-order valence-electron chi connectivity index (χ2n) is 4.80. The SMILES string of the molecule is COC(=O)[C@H](C)Sc1ncnc2scc(-c3ccc(Cl)cc3)c12. The minimum Gasteiger partial charge on any atom is -0.468 e. The van der Waals surface area contributed by atoms with Crippen LogP contribution in [0.4, 0.5) is 0 Å².